The van der Waals surface area contributed by atoms with Gasteiger partial charge in [-0.3, -0.25) is 0 Å². The van der Waals surface area contributed by atoms with E-state index in [1.54, 1.807) is 0 Å². The number of likely N-dealkylation sites (tertiary alicyclic amines) is 1. The molecule has 3 unspecified atom stereocenters. The summed E-state index contributed by atoms with van der Waals surface area (Å²) in [6.45, 7) is 3.92. The van der Waals surface area contributed by atoms with Crippen molar-refractivity contribution in [2.75, 3.05) is 26.7 Å². The molecule has 3 rings (SSSR count). The van der Waals surface area contributed by atoms with Crippen molar-refractivity contribution in [1.82, 2.24) is 10.2 Å². The number of benzene rings is 1. The standard InChI is InChI=1S/C19H30N2/c1-20-19(17-8-3-2-4-9-17)12-14-21-13-11-16-7-5-6-10-18(16)15-21/h2-4,8-9,16,18-20H,5-7,10-15H2,1H3. The Balaban J connectivity index is 1.50. The van der Waals surface area contributed by atoms with Crippen molar-refractivity contribution in [3.63, 3.8) is 0 Å². The van der Waals surface area contributed by atoms with E-state index in [-0.39, 0.29) is 0 Å². The van der Waals surface area contributed by atoms with Gasteiger partial charge in [0.05, 0.1) is 0 Å². The lowest BCUT2D eigenvalue weighted by Gasteiger charge is -2.41. The first-order valence-electron chi connectivity index (χ1n) is 8.81. The van der Waals surface area contributed by atoms with Gasteiger partial charge in [-0.15, -0.1) is 0 Å². The normalized spacial score (nSPS) is 28.0. The van der Waals surface area contributed by atoms with Crippen LogP contribution in [0.2, 0.25) is 0 Å². The molecule has 116 valence electrons. The summed E-state index contributed by atoms with van der Waals surface area (Å²) in [5, 5.41) is 3.49. The highest BCUT2D eigenvalue weighted by Gasteiger charge is 2.30. The number of nitrogens with zero attached hydrogens (tertiary/aromatic N) is 1. The molecule has 1 saturated heterocycles. The Morgan fingerprint density at radius 2 is 1.86 bits per heavy atom. The minimum Gasteiger partial charge on any atom is -0.313 e. The van der Waals surface area contributed by atoms with Crippen molar-refractivity contribution >= 4 is 0 Å². The second-order valence-electron chi connectivity index (χ2n) is 6.93. The predicted molar refractivity (Wildman–Crippen MR) is 89.4 cm³/mol. The van der Waals surface area contributed by atoms with E-state index in [2.05, 4.69) is 47.6 Å². The molecule has 1 heterocycles. The third-order valence-corrected chi connectivity index (χ3v) is 5.66. The van der Waals surface area contributed by atoms with Crippen molar-refractivity contribution in [1.29, 1.82) is 0 Å². The highest BCUT2D eigenvalue weighted by atomic mass is 15.1. The lowest BCUT2D eigenvalue weighted by atomic mass is 9.75. The van der Waals surface area contributed by atoms with E-state index >= 15 is 0 Å². The van der Waals surface area contributed by atoms with Gasteiger partial charge in [0.1, 0.15) is 0 Å². The molecule has 0 radical (unpaired) electrons. The van der Waals surface area contributed by atoms with E-state index in [1.807, 2.05) is 0 Å². The zero-order valence-corrected chi connectivity index (χ0v) is 13.4. The van der Waals surface area contributed by atoms with Gasteiger partial charge in [-0.05, 0) is 56.8 Å². The average Bonchev–Trinajstić information content (AvgIpc) is 2.56. The molecule has 3 atom stereocenters. The van der Waals surface area contributed by atoms with Crippen molar-refractivity contribution in [2.24, 2.45) is 11.8 Å². The zero-order chi connectivity index (χ0) is 14.5. The maximum Gasteiger partial charge on any atom is 0.0329 e. The summed E-state index contributed by atoms with van der Waals surface area (Å²) >= 11 is 0. The van der Waals surface area contributed by atoms with Crippen LogP contribution in [0.4, 0.5) is 0 Å². The fraction of sp³-hybridized carbons (Fsp3) is 0.684. The van der Waals surface area contributed by atoms with Crippen molar-refractivity contribution < 1.29 is 0 Å². The van der Waals surface area contributed by atoms with Crippen molar-refractivity contribution in [2.45, 2.75) is 44.6 Å². The van der Waals surface area contributed by atoms with Crippen LogP contribution in [0.1, 0.15) is 50.1 Å². The first-order chi connectivity index (χ1) is 10.4. The van der Waals surface area contributed by atoms with Gasteiger partial charge in [-0.25, -0.2) is 0 Å². The van der Waals surface area contributed by atoms with Gasteiger partial charge < -0.3 is 10.2 Å². The third kappa shape index (κ3) is 3.87. The van der Waals surface area contributed by atoms with Gasteiger partial charge in [0.15, 0.2) is 0 Å². The Morgan fingerprint density at radius 1 is 1.10 bits per heavy atom. The van der Waals surface area contributed by atoms with Gasteiger partial charge in [0.25, 0.3) is 0 Å². The quantitative estimate of drug-likeness (QED) is 0.884. The molecule has 2 aliphatic rings. The zero-order valence-electron chi connectivity index (χ0n) is 13.4. The molecule has 2 heteroatoms. The summed E-state index contributed by atoms with van der Waals surface area (Å²) in [7, 11) is 2.09. The molecule has 1 aliphatic carbocycles. The van der Waals surface area contributed by atoms with Crippen molar-refractivity contribution in [3.05, 3.63) is 35.9 Å². The van der Waals surface area contributed by atoms with Crippen LogP contribution in [0.15, 0.2) is 30.3 Å². The summed E-state index contributed by atoms with van der Waals surface area (Å²) < 4.78 is 0. The van der Waals surface area contributed by atoms with Crippen LogP contribution in [0.3, 0.4) is 0 Å². The third-order valence-electron chi connectivity index (χ3n) is 5.66. The van der Waals surface area contributed by atoms with Crippen LogP contribution >= 0.6 is 0 Å². The van der Waals surface area contributed by atoms with E-state index in [4.69, 9.17) is 0 Å². The Bertz CT molecular complexity index is 417. The van der Waals surface area contributed by atoms with E-state index in [9.17, 15) is 0 Å². The highest BCUT2D eigenvalue weighted by molar-refractivity contribution is 5.18. The van der Waals surface area contributed by atoms with Gasteiger partial charge in [-0.2, -0.15) is 0 Å². The highest BCUT2D eigenvalue weighted by Crippen LogP contribution is 2.36. The van der Waals surface area contributed by atoms with Crippen LogP contribution in [-0.4, -0.2) is 31.6 Å². The molecular formula is C19H30N2. The molecule has 0 bridgehead atoms. The first-order valence-corrected chi connectivity index (χ1v) is 8.81. The molecule has 1 aromatic carbocycles. The van der Waals surface area contributed by atoms with Gasteiger partial charge >= 0.3 is 0 Å². The molecule has 1 aliphatic heterocycles. The monoisotopic (exact) mass is 286 g/mol. The lowest BCUT2D eigenvalue weighted by Crippen LogP contribution is -2.42. The number of nitrogens with one attached hydrogen (secondary N) is 1. The topological polar surface area (TPSA) is 15.3 Å². The summed E-state index contributed by atoms with van der Waals surface area (Å²) in [4.78, 5) is 2.72. The molecule has 0 aromatic heterocycles. The molecule has 21 heavy (non-hydrogen) atoms. The minimum absolute atomic E-state index is 0.496. The van der Waals surface area contributed by atoms with Crippen LogP contribution in [0, 0.1) is 11.8 Å². The number of fused-ring (bicyclic) bond motifs is 1. The van der Waals surface area contributed by atoms with Crippen LogP contribution < -0.4 is 5.32 Å². The molecule has 1 N–H and O–H groups in total. The maximum absolute atomic E-state index is 3.49. The predicted octanol–water partition coefficient (Wildman–Crippen LogP) is 3.85. The van der Waals surface area contributed by atoms with Gasteiger partial charge in [0.2, 0.25) is 0 Å². The molecular weight excluding hydrogens is 256 g/mol. The van der Waals surface area contributed by atoms with Crippen molar-refractivity contribution in [3.8, 4) is 0 Å². The number of hydrogen-bond acceptors (Lipinski definition) is 2. The Labute approximate surface area is 129 Å². The summed E-state index contributed by atoms with van der Waals surface area (Å²) in [6.07, 6.45) is 8.60. The van der Waals surface area contributed by atoms with E-state index in [0.717, 1.165) is 11.8 Å². The smallest absolute Gasteiger partial charge is 0.0329 e. The van der Waals surface area contributed by atoms with Crippen LogP contribution in [-0.2, 0) is 0 Å². The first kappa shape index (κ1) is 15.1. The summed E-state index contributed by atoms with van der Waals surface area (Å²) in [5.41, 5.74) is 1.42. The average molecular weight is 286 g/mol. The second-order valence-corrected chi connectivity index (χ2v) is 6.93. The molecule has 2 nitrogen and oxygen atoms in total. The summed E-state index contributed by atoms with van der Waals surface area (Å²) in [5.74, 6) is 2.04. The number of piperidine rings is 1. The second kappa shape index (κ2) is 7.42. The fourth-order valence-electron chi connectivity index (χ4n) is 4.35. The van der Waals surface area contributed by atoms with Crippen LogP contribution in [0.5, 0.6) is 0 Å². The largest absolute Gasteiger partial charge is 0.313 e. The fourth-order valence-corrected chi connectivity index (χ4v) is 4.35. The van der Waals surface area contributed by atoms with Gasteiger partial charge in [-0.1, -0.05) is 49.6 Å². The van der Waals surface area contributed by atoms with Gasteiger partial charge in [0, 0.05) is 12.6 Å². The van der Waals surface area contributed by atoms with E-state index < -0.39 is 0 Å². The molecule has 0 amide bonds. The van der Waals surface area contributed by atoms with E-state index in [1.165, 1.54) is 63.7 Å². The molecule has 2 fully saturated rings. The maximum atomic E-state index is 3.49. The lowest BCUT2D eigenvalue weighted by molar-refractivity contribution is 0.0841. The molecule has 1 saturated carbocycles. The number of hydrogen-bond donors (Lipinski definition) is 1. The molecule has 0 spiro atoms. The summed E-state index contributed by atoms with van der Waals surface area (Å²) in [6, 6.07) is 11.4. The Kier molecular flexibility index (Phi) is 5.32. The molecule has 1 aromatic rings. The Morgan fingerprint density at radius 3 is 2.62 bits per heavy atom. The Hall–Kier alpha value is -0.860. The SMILES string of the molecule is CNC(CCN1CCC2CCCCC2C1)c1ccccc1. The minimum atomic E-state index is 0.496. The van der Waals surface area contributed by atoms with Crippen LogP contribution in [0.25, 0.3) is 0 Å². The number of rotatable bonds is 5. The van der Waals surface area contributed by atoms with E-state index in [0.29, 0.717) is 6.04 Å².